The van der Waals surface area contributed by atoms with E-state index >= 15 is 0 Å². The second kappa shape index (κ2) is 4.11. The number of carboxylic acid groups (broad SMARTS) is 2. The fraction of sp³-hybridized carbons (Fsp3) is 0. The Kier molecular flexibility index (Phi) is 3.20. The highest BCUT2D eigenvalue weighted by Crippen LogP contribution is 2.19. The molecule has 0 heterocycles. The Balaban J connectivity index is 3.54. The molecule has 0 saturated carbocycles. The van der Waals surface area contributed by atoms with E-state index in [-0.39, 0.29) is 0 Å². The number of halogens is 1. The van der Waals surface area contributed by atoms with Crippen LogP contribution in [0, 0.1) is 0 Å². The lowest BCUT2D eigenvalue weighted by molar-refractivity contribution is 0.0696. The molecule has 0 aliphatic rings. The molecule has 0 aromatic heterocycles. The molecule has 16 heavy (non-hydrogen) atoms. The van der Waals surface area contributed by atoms with Crippen molar-refractivity contribution in [2.45, 2.75) is 4.90 Å². The molecule has 2 N–H and O–H groups in total. The molecule has 1 rings (SSSR count). The summed E-state index contributed by atoms with van der Waals surface area (Å²) in [6.45, 7) is 0. The lowest BCUT2D eigenvalue weighted by Crippen LogP contribution is -2.05. The zero-order valence-electron chi connectivity index (χ0n) is 7.55. The zero-order valence-corrected chi connectivity index (χ0v) is 9.12. The SMILES string of the molecule is O=C(O)c1cc(C(=O)O)cc(S(=O)(=O)Cl)c1. The summed E-state index contributed by atoms with van der Waals surface area (Å²) in [6.07, 6.45) is 0. The van der Waals surface area contributed by atoms with Crippen molar-refractivity contribution in [1.29, 1.82) is 0 Å². The molecule has 0 radical (unpaired) electrons. The van der Waals surface area contributed by atoms with Gasteiger partial charge in [0.05, 0.1) is 16.0 Å². The Morgan fingerprint density at radius 1 is 1.00 bits per heavy atom. The molecule has 1 aromatic carbocycles. The number of hydrogen-bond acceptors (Lipinski definition) is 4. The maximum Gasteiger partial charge on any atom is 0.335 e. The first kappa shape index (κ1) is 12.5. The summed E-state index contributed by atoms with van der Waals surface area (Å²) in [4.78, 5) is 20.7. The van der Waals surface area contributed by atoms with E-state index in [1.165, 1.54) is 0 Å². The molecule has 1 aromatic rings. The van der Waals surface area contributed by atoms with E-state index in [9.17, 15) is 18.0 Å². The quantitative estimate of drug-likeness (QED) is 0.789. The fourth-order valence-corrected chi connectivity index (χ4v) is 1.79. The number of carbonyl (C=O) groups is 2. The fourth-order valence-electron chi connectivity index (χ4n) is 0.987. The Labute approximate surface area is 94.5 Å². The molecule has 86 valence electrons. The maximum atomic E-state index is 11.0. The topological polar surface area (TPSA) is 109 Å². The minimum atomic E-state index is -4.17. The monoisotopic (exact) mass is 264 g/mol. The van der Waals surface area contributed by atoms with E-state index in [1.54, 1.807) is 0 Å². The van der Waals surface area contributed by atoms with Crippen molar-refractivity contribution < 1.29 is 28.2 Å². The van der Waals surface area contributed by atoms with Crippen LogP contribution in [-0.4, -0.2) is 30.6 Å². The maximum absolute atomic E-state index is 11.0. The molecular formula is C8H5ClO6S. The highest BCUT2D eigenvalue weighted by Gasteiger charge is 2.17. The molecule has 0 atom stereocenters. The van der Waals surface area contributed by atoms with Gasteiger partial charge in [-0.2, -0.15) is 0 Å². The summed E-state index contributed by atoms with van der Waals surface area (Å²) in [5.74, 6) is -2.88. The molecular weight excluding hydrogens is 260 g/mol. The number of carboxylic acids is 2. The third kappa shape index (κ3) is 2.71. The predicted molar refractivity (Wildman–Crippen MR) is 53.4 cm³/mol. The van der Waals surface area contributed by atoms with Gasteiger partial charge in [0, 0.05) is 10.7 Å². The average Bonchev–Trinajstić information content (AvgIpc) is 2.15. The van der Waals surface area contributed by atoms with Crippen LogP contribution < -0.4 is 0 Å². The molecule has 0 saturated heterocycles. The first-order valence-corrected chi connectivity index (χ1v) is 6.09. The first-order valence-electron chi connectivity index (χ1n) is 3.78. The summed E-state index contributed by atoms with van der Waals surface area (Å²) < 4.78 is 21.9. The van der Waals surface area contributed by atoms with E-state index in [2.05, 4.69) is 0 Å². The number of benzene rings is 1. The Morgan fingerprint density at radius 3 is 1.62 bits per heavy atom. The zero-order chi connectivity index (χ0) is 12.5. The van der Waals surface area contributed by atoms with E-state index in [0.29, 0.717) is 0 Å². The van der Waals surface area contributed by atoms with Gasteiger partial charge in [-0.3, -0.25) is 0 Å². The van der Waals surface area contributed by atoms with Crippen LogP contribution in [0.15, 0.2) is 23.1 Å². The van der Waals surface area contributed by atoms with Gasteiger partial charge in [-0.25, -0.2) is 18.0 Å². The van der Waals surface area contributed by atoms with Gasteiger partial charge in [0.25, 0.3) is 9.05 Å². The van der Waals surface area contributed by atoms with Gasteiger partial charge >= 0.3 is 11.9 Å². The van der Waals surface area contributed by atoms with E-state index in [1.807, 2.05) is 0 Å². The van der Waals surface area contributed by atoms with Crippen molar-refractivity contribution in [1.82, 2.24) is 0 Å². The summed E-state index contributed by atoms with van der Waals surface area (Å²) >= 11 is 0. The highest BCUT2D eigenvalue weighted by molar-refractivity contribution is 8.13. The Morgan fingerprint density at radius 2 is 1.38 bits per heavy atom. The van der Waals surface area contributed by atoms with Crippen LogP contribution in [0.5, 0.6) is 0 Å². The highest BCUT2D eigenvalue weighted by atomic mass is 35.7. The molecule has 0 fully saturated rings. The van der Waals surface area contributed by atoms with Crippen molar-refractivity contribution in [2.24, 2.45) is 0 Å². The second-order valence-corrected chi connectivity index (χ2v) is 5.36. The van der Waals surface area contributed by atoms with Gasteiger partial charge in [-0.15, -0.1) is 0 Å². The van der Waals surface area contributed by atoms with Crippen molar-refractivity contribution in [3.63, 3.8) is 0 Å². The van der Waals surface area contributed by atoms with E-state index < -0.39 is 37.0 Å². The summed E-state index contributed by atoms with van der Waals surface area (Å²) in [5, 5.41) is 17.3. The summed E-state index contributed by atoms with van der Waals surface area (Å²) in [6, 6.07) is 2.42. The molecule has 0 bridgehead atoms. The van der Waals surface area contributed by atoms with Crippen LogP contribution in [-0.2, 0) is 9.05 Å². The van der Waals surface area contributed by atoms with Crippen LogP contribution in [0.4, 0.5) is 0 Å². The van der Waals surface area contributed by atoms with Crippen LogP contribution in [0.25, 0.3) is 0 Å². The molecule has 8 heteroatoms. The van der Waals surface area contributed by atoms with Gasteiger partial charge in [-0.1, -0.05) is 0 Å². The van der Waals surface area contributed by atoms with Crippen LogP contribution in [0.3, 0.4) is 0 Å². The lowest BCUT2D eigenvalue weighted by atomic mass is 10.1. The first-order chi connectivity index (χ1) is 7.21. The normalized spacial score (nSPS) is 11.1. The van der Waals surface area contributed by atoms with Crippen LogP contribution in [0.2, 0.25) is 0 Å². The molecule has 0 aliphatic heterocycles. The van der Waals surface area contributed by atoms with E-state index in [0.717, 1.165) is 18.2 Å². The minimum Gasteiger partial charge on any atom is -0.478 e. The number of aromatic carboxylic acids is 2. The van der Waals surface area contributed by atoms with Gasteiger partial charge < -0.3 is 10.2 Å². The largest absolute Gasteiger partial charge is 0.478 e. The number of hydrogen-bond donors (Lipinski definition) is 2. The molecule has 0 aliphatic carbocycles. The van der Waals surface area contributed by atoms with Gasteiger partial charge in [-0.05, 0) is 18.2 Å². The van der Waals surface area contributed by atoms with Crippen LogP contribution in [0.1, 0.15) is 20.7 Å². The lowest BCUT2D eigenvalue weighted by Gasteiger charge is -2.01. The third-order valence-electron chi connectivity index (χ3n) is 1.68. The summed E-state index contributed by atoms with van der Waals surface area (Å²) in [7, 11) is 0.829. The molecule has 0 amide bonds. The molecule has 6 nitrogen and oxygen atoms in total. The molecule has 0 spiro atoms. The van der Waals surface area contributed by atoms with Gasteiger partial charge in [0.2, 0.25) is 0 Å². The summed E-state index contributed by atoms with van der Waals surface area (Å²) in [5.41, 5.74) is -0.918. The average molecular weight is 265 g/mol. The smallest absolute Gasteiger partial charge is 0.335 e. The second-order valence-electron chi connectivity index (χ2n) is 2.79. The van der Waals surface area contributed by atoms with Gasteiger partial charge in [0.1, 0.15) is 0 Å². The van der Waals surface area contributed by atoms with Gasteiger partial charge in [0.15, 0.2) is 0 Å². The minimum absolute atomic E-state index is 0.459. The van der Waals surface area contributed by atoms with Crippen LogP contribution >= 0.6 is 10.7 Å². The third-order valence-corrected chi connectivity index (χ3v) is 3.02. The van der Waals surface area contributed by atoms with Crippen molar-refractivity contribution >= 4 is 31.7 Å². The number of rotatable bonds is 3. The van der Waals surface area contributed by atoms with E-state index in [4.69, 9.17) is 20.9 Å². The molecule has 0 unspecified atom stereocenters. The van der Waals surface area contributed by atoms with Crippen molar-refractivity contribution in [2.75, 3.05) is 0 Å². The predicted octanol–water partition coefficient (Wildman–Crippen LogP) is 1.01. The standard InChI is InChI=1S/C8H5ClO6S/c9-16(14,15)6-2-4(7(10)11)1-5(3-6)8(12)13/h1-3H,(H,10,11)(H,12,13). The van der Waals surface area contributed by atoms with Crippen molar-refractivity contribution in [3.05, 3.63) is 29.3 Å². The Bertz CT molecular complexity index is 530. The Hall–Kier alpha value is -1.60. The van der Waals surface area contributed by atoms with Crippen molar-refractivity contribution in [3.8, 4) is 0 Å².